The Morgan fingerprint density at radius 1 is 1.23 bits per heavy atom. The number of hydrogen-bond donors (Lipinski definition) is 3. The first kappa shape index (κ1) is 22.7. The molecule has 0 saturated carbocycles. The van der Waals surface area contributed by atoms with E-state index in [4.69, 9.17) is 4.74 Å². The van der Waals surface area contributed by atoms with Gasteiger partial charge in [-0.1, -0.05) is 17.4 Å². The fourth-order valence-corrected chi connectivity index (χ4v) is 4.53. The van der Waals surface area contributed by atoms with E-state index in [2.05, 4.69) is 38.5 Å². The number of carbonyl (C=O) groups excluding carboxylic acids is 2. The lowest BCUT2D eigenvalue weighted by molar-refractivity contribution is -0.122. The summed E-state index contributed by atoms with van der Waals surface area (Å²) >= 11 is 4.57. The molecule has 7 nitrogen and oxygen atoms in total. The standard InChI is InChI=1S/C21H26BrN3O4S/c1-21(9-12-26,24-20(28)29-18-6-5-17(22)30-18)19(27)23-16-4-3-14-7-10-25(2)11-8-15(14)13-16/h3-6,13,26H,7-12H2,1-2H3,(H,23,27)(H,24,28). The molecule has 30 heavy (non-hydrogen) atoms. The summed E-state index contributed by atoms with van der Waals surface area (Å²) < 4.78 is 6.08. The number of halogens is 1. The quantitative estimate of drug-likeness (QED) is 0.571. The molecular formula is C21H26BrN3O4S. The maximum Gasteiger partial charge on any atom is 0.414 e. The Morgan fingerprint density at radius 2 is 1.97 bits per heavy atom. The summed E-state index contributed by atoms with van der Waals surface area (Å²) in [5, 5.41) is 15.3. The molecular weight excluding hydrogens is 470 g/mol. The number of anilines is 1. The van der Waals surface area contributed by atoms with Gasteiger partial charge in [0.15, 0.2) is 5.06 Å². The first-order chi connectivity index (χ1) is 14.3. The number of carbonyl (C=O) groups is 2. The number of aliphatic hydroxyl groups excluding tert-OH is 1. The second-order valence-corrected chi connectivity index (χ2v) is 10.0. The monoisotopic (exact) mass is 495 g/mol. The number of nitrogens with one attached hydrogen (secondary N) is 2. The number of fused-ring (bicyclic) bond motifs is 1. The normalized spacial score (nSPS) is 16.1. The Hall–Kier alpha value is -1.94. The van der Waals surface area contributed by atoms with Crippen molar-refractivity contribution >= 4 is 45.0 Å². The highest BCUT2D eigenvalue weighted by Crippen LogP contribution is 2.29. The molecule has 0 spiro atoms. The van der Waals surface area contributed by atoms with E-state index in [1.165, 1.54) is 22.5 Å². The van der Waals surface area contributed by atoms with E-state index in [0.717, 1.165) is 29.7 Å². The molecule has 0 aliphatic carbocycles. The summed E-state index contributed by atoms with van der Waals surface area (Å²) in [7, 11) is 2.11. The third-order valence-corrected chi connectivity index (χ3v) is 6.72. The van der Waals surface area contributed by atoms with E-state index < -0.39 is 17.5 Å². The maximum absolute atomic E-state index is 13.0. The van der Waals surface area contributed by atoms with E-state index in [-0.39, 0.29) is 13.0 Å². The number of hydrogen-bond acceptors (Lipinski definition) is 6. The Morgan fingerprint density at radius 3 is 2.63 bits per heavy atom. The van der Waals surface area contributed by atoms with Gasteiger partial charge in [-0.3, -0.25) is 4.79 Å². The van der Waals surface area contributed by atoms with Gasteiger partial charge in [0.2, 0.25) is 5.91 Å². The molecule has 1 unspecified atom stereocenters. The SMILES string of the molecule is CN1CCc2ccc(NC(=O)C(C)(CCO)NC(=O)Oc3ccc(Br)s3)cc2CC1. The van der Waals surface area contributed by atoms with E-state index in [1.54, 1.807) is 19.1 Å². The van der Waals surface area contributed by atoms with Crippen molar-refractivity contribution in [1.29, 1.82) is 0 Å². The summed E-state index contributed by atoms with van der Waals surface area (Å²) in [5.41, 5.74) is 1.86. The first-order valence-corrected chi connectivity index (χ1v) is 11.4. The molecule has 1 aliphatic rings. The van der Waals surface area contributed by atoms with Crippen LogP contribution in [0.5, 0.6) is 5.06 Å². The predicted molar refractivity (Wildman–Crippen MR) is 121 cm³/mol. The second kappa shape index (κ2) is 9.91. The van der Waals surface area contributed by atoms with Crippen LogP contribution in [-0.2, 0) is 17.6 Å². The summed E-state index contributed by atoms with van der Waals surface area (Å²) in [6, 6.07) is 9.34. The van der Waals surface area contributed by atoms with Crippen molar-refractivity contribution in [3.05, 3.63) is 45.2 Å². The Bertz CT molecular complexity index is 919. The molecule has 1 atom stereocenters. The van der Waals surface area contributed by atoms with E-state index in [9.17, 15) is 14.7 Å². The van der Waals surface area contributed by atoms with Crippen LogP contribution in [0.1, 0.15) is 24.5 Å². The lowest BCUT2D eigenvalue weighted by atomic mass is 9.96. The summed E-state index contributed by atoms with van der Waals surface area (Å²) in [5.74, 6) is -0.411. The summed E-state index contributed by atoms with van der Waals surface area (Å²) in [6.45, 7) is 3.30. The largest absolute Gasteiger partial charge is 0.414 e. The topological polar surface area (TPSA) is 90.9 Å². The molecule has 1 aromatic heterocycles. The molecule has 0 bridgehead atoms. The number of rotatable bonds is 6. The summed E-state index contributed by atoms with van der Waals surface area (Å²) in [4.78, 5) is 27.6. The van der Waals surface area contributed by atoms with Crippen LogP contribution < -0.4 is 15.4 Å². The summed E-state index contributed by atoms with van der Waals surface area (Å²) in [6.07, 6.45) is 1.21. The number of nitrogens with zero attached hydrogens (tertiary/aromatic N) is 1. The zero-order valence-corrected chi connectivity index (χ0v) is 19.4. The maximum atomic E-state index is 13.0. The van der Waals surface area contributed by atoms with Crippen molar-refractivity contribution in [2.24, 2.45) is 0 Å². The van der Waals surface area contributed by atoms with Gasteiger partial charge in [-0.15, -0.1) is 0 Å². The predicted octanol–water partition coefficient (Wildman–Crippen LogP) is 3.41. The number of benzene rings is 1. The van der Waals surface area contributed by atoms with E-state index in [0.29, 0.717) is 10.8 Å². The van der Waals surface area contributed by atoms with Crippen LogP contribution in [0.3, 0.4) is 0 Å². The molecule has 9 heteroatoms. The Labute approximate surface area is 188 Å². The average Bonchev–Trinajstić information content (AvgIpc) is 2.99. The van der Waals surface area contributed by atoms with Crippen LogP contribution in [0.25, 0.3) is 0 Å². The van der Waals surface area contributed by atoms with Gasteiger partial charge < -0.3 is 25.4 Å². The van der Waals surface area contributed by atoms with Gasteiger partial charge in [0.1, 0.15) is 5.54 Å². The molecule has 2 aromatic rings. The first-order valence-electron chi connectivity index (χ1n) is 9.77. The molecule has 3 rings (SSSR count). The Kier molecular flexibility index (Phi) is 7.51. The van der Waals surface area contributed by atoms with Gasteiger partial charge in [0, 0.05) is 31.8 Å². The van der Waals surface area contributed by atoms with Crippen LogP contribution in [0.15, 0.2) is 34.1 Å². The number of likely N-dealkylation sites (N-methyl/N-ethyl adjacent to an activating group) is 1. The highest BCUT2D eigenvalue weighted by Gasteiger charge is 2.35. The van der Waals surface area contributed by atoms with Gasteiger partial charge in [-0.25, -0.2) is 4.79 Å². The van der Waals surface area contributed by atoms with Crippen LogP contribution >= 0.6 is 27.3 Å². The number of aliphatic hydroxyl groups is 1. The molecule has 0 saturated heterocycles. The lowest BCUT2D eigenvalue weighted by Gasteiger charge is -2.28. The van der Waals surface area contributed by atoms with E-state index in [1.807, 2.05) is 18.2 Å². The number of ether oxygens (including phenoxy) is 1. The molecule has 0 radical (unpaired) electrons. The van der Waals surface area contributed by atoms with Crippen LogP contribution in [0.2, 0.25) is 0 Å². The lowest BCUT2D eigenvalue weighted by Crippen LogP contribution is -2.55. The van der Waals surface area contributed by atoms with Gasteiger partial charge >= 0.3 is 6.09 Å². The highest BCUT2D eigenvalue weighted by atomic mass is 79.9. The zero-order chi connectivity index (χ0) is 21.7. The average molecular weight is 496 g/mol. The molecule has 0 fully saturated rings. The minimum atomic E-state index is -1.33. The van der Waals surface area contributed by atoms with Crippen molar-refractivity contribution < 1.29 is 19.4 Å². The minimum Gasteiger partial charge on any atom is -0.399 e. The van der Waals surface area contributed by atoms with Crippen LogP contribution in [0, 0.1) is 0 Å². The number of thiophene rings is 1. The molecule has 2 heterocycles. The van der Waals surface area contributed by atoms with Gasteiger partial charge in [0.25, 0.3) is 0 Å². The second-order valence-electron chi connectivity index (χ2n) is 7.62. The van der Waals surface area contributed by atoms with Crippen LogP contribution in [0.4, 0.5) is 10.5 Å². The zero-order valence-electron chi connectivity index (χ0n) is 17.0. The Balaban J connectivity index is 1.69. The van der Waals surface area contributed by atoms with Crippen molar-refractivity contribution in [2.45, 2.75) is 31.7 Å². The van der Waals surface area contributed by atoms with Crippen molar-refractivity contribution in [1.82, 2.24) is 10.2 Å². The van der Waals surface area contributed by atoms with Gasteiger partial charge in [0.05, 0.1) is 3.79 Å². The van der Waals surface area contributed by atoms with E-state index >= 15 is 0 Å². The van der Waals surface area contributed by atoms with Crippen LogP contribution in [-0.4, -0.2) is 54.3 Å². The molecule has 3 N–H and O–H groups in total. The smallest absolute Gasteiger partial charge is 0.399 e. The molecule has 1 aromatic carbocycles. The number of amides is 2. The van der Waals surface area contributed by atoms with Crippen molar-refractivity contribution in [3.8, 4) is 5.06 Å². The molecule has 162 valence electrons. The fraction of sp³-hybridized carbons (Fsp3) is 0.429. The van der Waals surface area contributed by atoms with Crippen molar-refractivity contribution in [3.63, 3.8) is 0 Å². The third kappa shape index (κ3) is 5.81. The fourth-order valence-electron chi connectivity index (χ4n) is 3.33. The highest BCUT2D eigenvalue weighted by molar-refractivity contribution is 9.11. The third-order valence-electron chi connectivity index (χ3n) is 5.22. The molecule has 2 amide bonds. The van der Waals surface area contributed by atoms with Gasteiger partial charge in [-0.2, -0.15) is 0 Å². The van der Waals surface area contributed by atoms with Crippen molar-refractivity contribution in [2.75, 3.05) is 32.1 Å². The van der Waals surface area contributed by atoms with Gasteiger partial charge in [-0.05, 0) is 78.1 Å². The molecule has 1 aliphatic heterocycles. The minimum absolute atomic E-state index is 0.0534.